The van der Waals surface area contributed by atoms with Gasteiger partial charge in [-0.2, -0.15) is 0 Å². The topological polar surface area (TPSA) is 38.3 Å². The third-order valence-electron chi connectivity index (χ3n) is 4.11. The number of hydrogen-bond donors (Lipinski definition) is 1. The van der Waals surface area contributed by atoms with Crippen molar-refractivity contribution in [3.05, 3.63) is 35.9 Å². The normalized spacial score (nSPS) is 25.5. The quantitative estimate of drug-likeness (QED) is 0.804. The summed E-state index contributed by atoms with van der Waals surface area (Å²) >= 11 is 0. The van der Waals surface area contributed by atoms with Crippen LogP contribution in [0, 0.1) is 0 Å². The number of benzene rings is 1. The summed E-state index contributed by atoms with van der Waals surface area (Å²) in [6, 6.07) is 10.6. The van der Waals surface area contributed by atoms with Crippen molar-refractivity contribution < 1.29 is 9.53 Å². The zero-order chi connectivity index (χ0) is 15.1. The molecule has 0 spiro atoms. The summed E-state index contributed by atoms with van der Waals surface area (Å²) in [4.78, 5) is 11.4. The van der Waals surface area contributed by atoms with Crippen molar-refractivity contribution in [1.29, 1.82) is 0 Å². The van der Waals surface area contributed by atoms with Crippen molar-refractivity contribution in [3.63, 3.8) is 0 Å². The van der Waals surface area contributed by atoms with Crippen LogP contribution in [0.1, 0.15) is 64.0 Å². The molecule has 0 bridgehead atoms. The maximum absolute atomic E-state index is 11.4. The lowest BCUT2D eigenvalue weighted by Crippen LogP contribution is -2.42. The smallest absolute Gasteiger partial charge is 0.217 e. The fraction of sp³-hybridized carbons (Fsp3) is 0.611. The third-order valence-corrected chi connectivity index (χ3v) is 4.11. The second-order valence-electron chi connectivity index (χ2n) is 6.02. The molecule has 1 aromatic rings. The Kier molecular flexibility index (Phi) is 6.24. The molecule has 116 valence electrons. The van der Waals surface area contributed by atoms with Gasteiger partial charge in [0.2, 0.25) is 5.91 Å². The minimum atomic E-state index is 0.0565. The van der Waals surface area contributed by atoms with Crippen LogP contribution in [0.3, 0.4) is 0 Å². The second-order valence-corrected chi connectivity index (χ2v) is 6.02. The number of nitrogens with one attached hydrogen (secondary N) is 1. The fourth-order valence-electron chi connectivity index (χ4n) is 3.11. The standard InChI is InChI=1S/C18H27NO2/c1-3-4-6-11-17-12-16(19-14(2)20)13-18(21-17)15-9-7-5-8-10-15/h5,7-10,16-18H,3-4,6,11-13H2,1-2H3,(H,19,20). The van der Waals surface area contributed by atoms with Crippen LogP contribution in [0.15, 0.2) is 30.3 Å². The zero-order valence-corrected chi connectivity index (χ0v) is 13.2. The predicted molar refractivity (Wildman–Crippen MR) is 85.0 cm³/mol. The van der Waals surface area contributed by atoms with Crippen LogP contribution in [0.5, 0.6) is 0 Å². The Balaban J connectivity index is 2.01. The number of amides is 1. The maximum atomic E-state index is 11.4. The highest BCUT2D eigenvalue weighted by Gasteiger charge is 2.30. The van der Waals surface area contributed by atoms with Crippen molar-refractivity contribution in [2.75, 3.05) is 0 Å². The van der Waals surface area contributed by atoms with Gasteiger partial charge < -0.3 is 10.1 Å². The van der Waals surface area contributed by atoms with Crippen LogP contribution in [-0.4, -0.2) is 18.1 Å². The lowest BCUT2D eigenvalue weighted by molar-refractivity contribution is -0.122. The van der Waals surface area contributed by atoms with Gasteiger partial charge in [-0.05, 0) is 24.8 Å². The molecule has 1 N–H and O–H groups in total. The van der Waals surface area contributed by atoms with E-state index in [1.165, 1.54) is 24.8 Å². The molecule has 3 nitrogen and oxygen atoms in total. The highest BCUT2D eigenvalue weighted by atomic mass is 16.5. The maximum Gasteiger partial charge on any atom is 0.217 e. The molecular weight excluding hydrogens is 262 g/mol. The van der Waals surface area contributed by atoms with Gasteiger partial charge in [0.1, 0.15) is 0 Å². The van der Waals surface area contributed by atoms with Crippen molar-refractivity contribution in [2.45, 2.75) is 70.6 Å². The van der Waals surface area contributed by atoms with Crippen LogP contribution in [0.4, 0.5) is 0 Å². The van der Waals surface area contributed by atoms with Crippen LogP contribution in [0.25, 0.3) is 0 Å². The van der Waals surface area contributed by atoms with E-state index in [4.69, 9.17) is 4.74 Å². The number of unbranched alkanes of at least 4 members (excludes halogenated alkanes) is 2. The molecule has 1 heterocycles. The number of ether oxygens (including phenoxy) is 1. The molecule has 3 atom stereocenters. The first-order chi connectivity index (χ1) is 10.2. The Morgan fingerprint density at radius 3 is 2.67 bits per heavy atom. The van der Waals surface area contributed by atoms with Gasteiger partial charge in [0, 0.05) is 13.0 Å². The van der Waals surface area contributed by atoms with E-state index in [-0.39, 0.29) is 24.2 Å². The number of carbonyl (C=O) groups is 1. The van der Waals surface area contributed by atoms with Gasteiger partial charge in [0.15, 0.2) is 0 Å². The SMILES string of the molecule is CCCCCC1CC(NC(C)=O)CC(c2ccccc2)O1. The molecular formula is C18H27NO2. The molecule has 2 rings (SSSR count). The summed E-state index contributed by atoms with van der Waals surface area (Å²) in [6.07, 6.45) is 6.93. The minimum Gasteiger partial charge on any atom is -0.370 e. The highest BCUT2D eigenvalue weighted by Crippen LogP contribution is 2.33. The lowest BCUT2D eigenvalue weighted by Gasteiger charge is -2.36. The molecule has 3 unspecified atom stereocenters. The van der Waals surface area contributed by atoms with E-state index in [1.54, 1.807) is 6.92 Å². The van der Waals surface area contributed by atoms with E-state index in [9.17, 15) is 4.79 Å². The third kappa shape index (κ3) is 5.16. The molecule has 1 saturated heterocycles. The Bertz CT molecular complexity index is 432. The summed E-state index contributed by atoms with van der Waals surface area (Å²) < 4.78 is 6.28. The largest absolute Gasteiger partial charge is 0.370 e. The number of carbonyl (C=O) groups excluding carboxylic acids is 1. The molecule has 1 aliphatic rings. The molecule has 0 aliphatic carbocycles. The van der Waals surface area contributed by atoms with Gasteiger partial charge in [0.05, 0.1) is 12.2 Å². The van der Waals surface area contributed by atoms with Gasteiger partial charge in [-0.1, -0.05) is 56.5 Å². The number of rotatable bonds is 6. The van der Waals surface area contributed by atoms with Crippen molar-refractivity contribution >= 4 is 5.91 Å². The first-order valence-corrected chi connectivity index (χ1v) is 8.16. The fourth-order valence-corrected chi connectivity index (χ4v) is 3.11. The van der Waals surface area contributed by atoms with Crippen molar-refractivity contribution in [2.24, 2.45) is 0 Å². The van der Waals surface area contributed by atoms with E-state index in [0.29, 0.717) is 0 Å². The zero-order valence-electron chi connectivity index (χ0n) is 13.2. The average molecular weight is 289 g/mol. The van der Waals surface area contributed by atoms with Crippen LogP contribution in [-0.2, 0) is 9.53 Å². The first kappa shape index (κ1) is 16.0. The minimum absolute atomic E-state index is 0.0565. The Labute approximate surface area is 128 Å². The predicted octanol–water partition coefficient (Wildman–Crippen LogP) is 3.99. The lowest BCUT2D eigenvalue weighted by atomic mass is 9.92. The van der Waals surface area contributed by atoms with Crippen LogP contribution < -0.4 is 5.32 Å². The molecule has 0 saturated carbocycles. The molecule has 3 heteroatoms. The van der Waals surface area contributed by atoms with Gasteiger partial charge in [-0.15, -0.1) is 0 Å². The van der Waals surface area contributed by atoms with Crippen LogP contribution in [0.2, 0.25) is 0 Å². The molecule has 1 aliphatic heterocycles. The van der Waals surface area contributed by atoms with Gasteiger partial charge in [0.25, 0.3) is 0 Å². The second kappa shape index (κ2) is 8.18. The highest BCUT2D eigenvalue weighted by molar-refractivity contribution is 5.73. The van der Waals surface area contributed by atoms with E-state index in [1.807, 2.05) is 18.2 Å². The molecule has 21 heavy (non-hydrogen) atoms. The Hall–Kier alpha value is -1.35. The first-order valence-electron chi connectivity index (χ1n) is 8.16. The number of hydrogen-bond acceptors (Lipinski definition) is 2. The summed E-state index contributed by atoms with van der Waals surface area (Å²) in [5.74, 6) is 0.0565. The van der Waals surface area contributed by atoms with E-state index < -0.39 is 0 Å². The summed E-state index contributed by atoms with van der Waals surface area (Å²) in [6.45, 7) is 3.81. The monoisotopic (exact) mass is 289 g/mol. The van der Waals surface area contributed by atoms with E-state index in [2.05, 4.69) is 24.4 Å². The summed E-state index contributed by atoms with van der Waals surface area (Å²) in [7, 11) is 0. The van der Waals surface area contributed by atoms with Crippen molar-refractivity contribution in [1.82, 2.24) is 5.32 Å². The Morgan fingerprint density at radius 1 is 1.24 bits per heavy atom. The molecule has 1 amide bonds. The summed E-state index contributed by atoms with van der Waals surface area (Å²) in [5, 5.41) is 3.08. The van der Waals surface area contributed by atoms with Crippen molar-refractivity contribution in [3.8, 4) is 0 Å². The van der Waals surface area contributed by atoms with Gasteiger partial charge in [-0.25, -0.2) is 0 Å². The van der Waals surface area contributed by atoms with E-state index >= 15 is 0 Å². The molecule has 1 fully saturated rings. The van der Waals surface area contributed by atoms with E-state index in [0.717, 1.165) is 19.3 Å². The Morgan fingerprint density at radius 2 is 2.00 bits per heavy atom. The van der Waals surface area contributed by atoms with Crippen LogP contribution >= 0.6 is 0 Å². The van der Waals surface area contributed by atoms with Gasteiger partial charge in [-0.3, -0.25) is 4.79 Å². The average Bonchev–Trinajstić information content (AvgIpc) is 2.47. The summed E-state index contributed by atoms with van der Waals surface area (Å²) in [5.41, 5.74) is 1.22. The molecule has 0 radical (unpaired) electrons. The van der Waals surface area contributed by atoms with Gasteiger partial charge >= 0.3 is 0 Å². The molecule has 0 aromatic heterocycles. The molecule has 1 aromatic carbocycles.